The first-order chi connectivity index (χ1) is 10.7. The first-order valence-corrected chi connectivity index (χ1v) is 10.3. The molecule has 2 rings (SSSR count). The number of aromatic nitrogens is 2. The van der Waals surface area contributed by atoms with E-state index in [4.69, 9.17) is 11.6 Å². The van der Waals surface area contributed by atoms with Gasteiger partial charge in [-0.3, -0.25) is 0 Å². The molecule has 4 nitrogen and oxygen atoms in total. The maximum Gasteiger partial charge on any atom is 0.156 e. The molecule has 1 heterocycles. The zero-order chi connectivity index (χ0) is 17.2. The van der Waals surface area contributed by atoms with E-state index >= 15 is 0 Å². The normalized spacial score (nSPS) is 25.0. The van der Waals surface area contributed by atoms with Crippen LogP contribution in [-0.4, -0.2) is 26.8 Å². The summed E-state index contributed by atoms with van der Waals surface area (Å²) in [7, 11) is 0. The van der Waals surface area contributed by atoms with Crippen molar-refractivity contribution in [1.82, 2.24) is 9.97 Å². The molecule has 130 valence electrons. The Bertz CT molecular complexity index is 525. The van der Waals surface area contributed by atoms with Crippen molar-refractivity contribution in [1.29, 1.82) is 0 Å². The highest BCUT2D eigenvalue weighted by Crippen LogP contribution is 2.39. The fourth-order valence-corrected chi connectivity index (χ4v) is 4.10. The van der Waals surface area contributed by atoms with Crippen LogP contribution in [0.4, 0.5) is 5.82 Å². The Balaban J connectivity index is 2.03. The third-order valence-electron chi connectivity index (χ3n) is 4.99. The number of hydrogen-bond donors (Lipinski definition) is 1. The van der Waals surface area contributed by atoms with E-state index in [1.54, 1.807) is 6.26 Å². The first kappa shape index (κ1) is 18.8. The van der Waals surface area contributed by atoms with Crippen molar-refractivity contribution in [2.24, 2.45) is 11.3 Å². The van der Waals surface area contributed by atoms with Crippen LogP contribution in [0.15, 0.2) is 6.33 Å². The standard InChI is InChI=1S/C17H28ClN3OS/c1-11(23(5)22)15-14(18)16(20-10-19-15)21-13-8-6-12(7-9-13)17(2,3)4/h10-13H,6-9H2,1-5H3,(H,19,20,21). The van der Waals surface area contributed by atoms with E-state index in [1.807, 2.05) is 6.92 Å². The summed E-state index contributed by atoms with van der Waals surface area (Å²) in [6.45, 7) is 8.85. The monoisotopic (exact) mass is 357 g/mol. The van der Waals surface area contributed by atoms with Crippen molar-refractivity contribution in [2.75, 3.05) is 11.6 Å². The van der Waals surface area contributed by atoms with E-state index in [1.165, 1.54) is 19.2 Å². The summed E-state index contributed by atoms with van der Waals surface area (Å²) in [4.78, 5) is 8.51. The molecule has 2 atom stereocenters. The van der Waals surface area contributed by atoms with E-state index in [0.717, 1.165) is 18.8 Å². The molecule has 0 amide bonds. The van der Waals surface area contributed by atoms with Crippen LogP contribution < -0.4 is 5.32 Å². The number of anilines is 1. The van der Waals surface area contributed by atoms with Gasteiger partial charge in [0.25, 0.3) is 0 Å². The summed E-state index contributed by atoms with van der Waals surface area (Å²) in [6.07, 6.45) is 7.90. The molecule has 0 bridgehead atoms. The second-order valence-corrected chi connectivity index (χ2v) is 9.70. The molecule has 23 heavy (non-hydrogen) atoms. The molecule has 0 saturated heterocycles. The van der Waals surface area contributed by atoms with Gasteiger partial charge in [0.2, 0.25) is 0 Å². The van der Waals surface area contributed by atoms with Crippen LogP contribution in [0.2, 0.25) is 5.02 Å². The topological polar surface area (TPSA) is 60.9 Å². The smallest absolute Gasteiger partial charge is 0.156 e. The van der Waals surface area contributed by atoms with Crippen LogP contribution in [0.1, 0.15) is 64.3 Å². The quantitative estimate of drug-likeness (QED) is 0.801. The molecule has 0 spiro atoms. The summed E-state index contributed by atoms with van der Waals surface area (Å²) < 4.78 is 11.7. The van der Waals surface area contributed by atoms with Gasteiger partial charge in [0.05, 0.1) is 6.26 Å². The van der Waals surface area contributed by atoms with E-state index in [0.29, 0.717) is 28.0 Å². The molecule has 0 aliphatic heterocycles. The highest BCUT2D eigenvalue weighted by molar-refractivity contribution is 7.90. The van der Waals surface area contributed by atoms with Crippen molar-refractivity contribution in [3.63, 3.8) is 0 Å². The highest BCUT2D eigenvalue weighted by atomic mass is 35.5. The molecular weight excluding hydrogens is 330 g/mol. The molecule has 0 aromatic carbocycles. The van der Waals surface area contributed by atoms with Crippen LogP contribution in [-0.2, 0) is 11.2 Å². The van der Waals surface area contributed by atoms with Gasteiger partial charge in [-0.1, -0.05) is 32.4 Å². The minimum Gasteiger partial charge on any atom is -0.616 e. The Morgan fingerprint density at radius 2 is 1.87 bits per heavy atom. The third-order valence-corrected chi connectivity index (χ3v) is 6.58. The Morgan fingerprint density at radius 1 is 1.26 bits per heavy atom. The lowest BCUT2D eigenvalue weighted by atomic mass is 9.71. The van der Waals surface area contributed by atoms with Crippen molar-refractivity contribution < 1.29 is 4.55 Å². The molecule has 0 radical (unpaired) electrons. The van der Waals surface area contributed by atoms with Gasteiger partial charge in [0, 0.05) is 6.04 Å². The summed E-state index contributed by atoms with van der Waals surface area (Å²) in [5.74, 6) is 1.45. The number of halogens is 1. The van der Waals surface area contributed by atoms with E-state index in [2.05, 4.69) is 36.1 Å². The summed E-state index contributed by atoms with van der Waals surface area (Å²) in [5, 5.41) is 3.79. The molecule has 1 aliphatic carbocycles. The second kappa shape index (κ2) is 7.58. The summed E-state index contributed by atoms with van der Waals surface area (Å²) in [6, 6.07) is 0.399. The van der Waals surface area contributed by atoms with Crippen molar-refractivity contribution >= 4 is 28.6 Å². The molecule has 2 unspecified atom stereocenters. The minimum atomic E-state index is -1.00. The number of rotatable bonds is 4. The molecule has 1 N–H and O–H groups in total. The predicted molar refractivity (Wildman–Crippen MR) is 98.3 cm³/mol. The molecular formula is C17H28ClN3OS. The lowest BCUT2D eigenvalue weighted by molar-refractivity contribution is 0.173. The van der Waals surface area contributed by atoms with Crippen molar-refractivity contribution in [3.8, 4) is 0 Å². The van der Waals surface area contributed by atoms with E-state index in [9.17, 15) is 4.55 Å². The van der Waals surface area contributed by atoms with Crippen LogP contribution in [0, 0.1) is 11.3 Å². The SMILES string of the molecule is CC(c1ncnc(NC2CCC(C(C)(C)C)CC2)c1Cl)[S+](C)[O-]. The number of hydrogen-bond acceptors (Lipinski definition) is 4. The average Bonchev–Trinajstić information content (AvgIpc) is 2.48. The van der Waals surface area contributed by atoms with Gasteiger partial charge < -0.3 is 9.87 Å². The average molecular weight is 358 g/mol. The molecule has 1 aliphatic rings. The fraction of sp³-hybridized carbons (Fsp3) is 0.765. The number of nitrogens with one attached hydrogen (secondary N) is 1. The van der Waals surface area contributed by atoms with Gasteiger partial charge in [0.15, 0.2) is 5.25 Å². The van der Waals surface area contributed by atoms with Gasteiger partial charge in [-0.05, 0) is 55.1 Å². The van der Waals surface area contributed by atoms with Crippen LogP contribution >= 0.6 is 11.6 Å². The van der Waals surface area contributed by atoms with Gasteiger partial charge in [0.1, 0.15) is 22.9 Å². The zero-order valence-electron chi connectivity index (χ0n) is 14.7. The predicted octanol–water partition coefficient (Wildman–Crippen LogP) is 4.59. The third kappa shape index (κ3) is 4.74. The second-order valence-electron chi connectivity index (χ2n) is 7.62. The zero-order valence-corrected chi connectivity index (χ0v) is 16.3. The maximum atomic E-state index is 11.7. The summed E-state index contributed by atoms with van der Waals surface area (Å²) >= 11 is 5.44. The highest BCUT2D eigenvalue weighted by Gasteiger charge is 2.30. The largest absolute Gasteiger partial charge is 0.616 e. The van der Waals surface area contributed by atoms with Gasteiger partial charge >= 0.3 is 0 Å². The molecule has 6 heteroatoms. The molecule has 1 saturated carbocycles. The van der Waals surface area contributed by atoms with Crippen LogP contribution in [0.5, 0.6) is 0 Å². The Hall–Kier alpha value is -0.520. The molecule has 1 aromatic rings. The van der Waals surface area contributed by atoms with Gasteiger partial charge in [-0.25, -0.2) is 9.97 Å². The first-order valence-electron chi connectivity index (χ1n) is 8.29. The van der Waals surface area contributed by atoms with Gasteiger partial charge in [-0.2, -0.15) is 0 Å². The van der Waals surface area contributed by atoms with Gasteiger partial charge in [-0.15, -0.1) is 0 Å². The van der Waals surface area contributed by atoms with Crippen LogP contribution in [0.3, 0.4) is 0 Å². The number of nitrogens with zero attached hydrogens (tertiary/aromatic N) is 2. The minimum absolute atomic E-state index is 0.192. The van der Waals surface area contributed by atoms with E-state index in [-0.39, 0.29) is 5.25 Å². The molecule has 1 aromatic heterocycles. The fourth-order valence-electron chi connectivity index (χ4n) is 3.22. The summed E-state index contributed by atoms with van der Waals surface area (Å²) in [5.41, 5.74) is 1.04. The Labute approximate surface area is 148 Å². The van der Waals surface area contributed by atoms with Crippen molar-refractivity contribution in [2.45, 2.75) is 64.7 Å². The lowest BCUT2D eigenvalue weighted by Gasteiger charge is -2.37. The Kier molecular flexibility index (Phi) is 6.20. The Morgan fingerprint density at radius 3 is 2.39 bits per heavy atom. The lowest BCUT2D eigenvalue weighted by Crippen LogP contribution is -2.32. The van der Waals surface area contributed by atoms with Crippen LogP contribution in [0.25, 0.3) is 0 Å². The maximum absolute atomic E-state index is 11.7. The van der Waals surface area contributed by atoms with E-state index < -0.39 is 11.2 Å². The molecule has 1 fully saturated rings. The van der Waals surface area contributed by atoms with Crippen molar-refractivity contribution in [3.05, 3.63) is 17.0 Å².